The Labute approximate surface area is 141 Å². The molecule has 0 unspecified atom stereocenters. The van der Waals surface area contributed by atoms with Crippen LogP contribution in [0.4, 0.5) is 5.69 Å². The third-order valence-corrected chi connectivity index (χ3v) is 3.32. The number of anilines is 1. The van der Waals surface area contributed by atoms with Crippen molar-refractivity contribution < 1.29 is 14.2 Å². The van der Waals surface area contributed by atoms with Crippen LogP contribution in [0, 0.1) is 0 Å². The van der Waals surface area contributed by atoms with Gasteiger partial charge in [0.25, 0.3) is 0 Å². The maximum atomic E-state index is 5.67. The molecule has 2 rings (SSSR count). The van der Waals surface area contributed by atoms with E-state index in [1.807, 2.05) is 48.5 Å². The van der Waals surface area contributed by atoms with Crippen molar-refractivity contribution in [2.75, 3.05) is 32.7 Å². The first-order valence-electron chi connectivity index (χ1n) is 7.18. The summed E-state index contributed by atoms with van der Waals surface area (Å²) in [6, 6.07) is 15.1. The lowest BCUT2D eigenvalue weighted by molar-refractivity contribution is 0.298. The van der Waals surface area contributed by atoms with Crippen LogP contribution in [0.3, 0.4) is 0 Å². The number of hydrogen-bond donors (Lipinski definition) is 2. The first-order valence-corrected chi connectivity index (χ1v) is 7.59. The molecular formula is C17H20N2O3S. The number of para-hydroxylation sites is 4. The summed E-state index contributed by atoms with van der Waals surface area (Å²) >= 11 is 5.26. The molecule has 0 aliphatic rings. The summed E-state index contributed by atoms with van der Waals surface area (Å²) in [5.74, 6) is 2.16. The van der Waals surface area contributed by atoms with Gasteiger partial charge in [-0.25, -0.2) is 0 Å². The quantitative estimate of drug-likeness (QED) is 0.600. The number of benzene rings is 2. The van der Waals surface area contributed by atoms with E-state index in [-0.39, 0.29) is 0 Å². The molecule has 0 heterocycles. The van der Waals surface area contributed by atoms with E-state index in [1.54, 1.807) is 14.2 Å². The lowest BCUT2D eigenvalue weighted by Gasteiger charge is -2.14. The molecule has 5 nitrogen and oxygen atoms in total. The molecule has 2 aromatic carbocycles. The van der Waals surface area contributed by atoms with E-state index in [9.17, 15) is 0 Å². The van der Waals surface area contributed by atoms with Crippen molar-refractivity contribution in [1.82, 2.24) is 5.32 Å². The fourth-order valence-corrected chi connectivity index (χ4v) is 2.19. The molecule has 2 aromatic rings. The van der Waals surface area contributed by atoms with Crippen LogP contribution in [0.5, 0.6) is 17.2 Å². The molecule has 0 aromatic heterocycles. The van der Waals surface area contributed by atoms with Gasteiger partial charge in [-0.05, 0) is 36.5 Å². The maximum Gasteiger partial charge on any atom is 0.170 e. The van der Waals surface area contributed by atoms with E-state index >= 15 is 0 Å². The van der Waals surface area contributed by atoms with Crippen LogP contribution in [0.1, 0.15) is 0 Å². The van der Waals surface area contributed by atoms with Gasteiger partial charge in [-0.15, -0.1) is 0 Å². The van der Waals surface area contributed by atoms with Gasteiger partial charge in [-0.1, -0.05) is 24.3 Å². The molecule has 122 valence electrons. The molecule has 0 saturated carbocycles. The van der Waals surface area contributed by atoms with Gasteiger partial charge in [0, 0.05) is 0 Å². The first kappa shape index (κ1) is 16.9. The summed E-state index contributed by atoms with van der Waals surface area (Å²) in [6.07, 6.45) is 0. The van der Waals surface area contributed by atoms with Crippen molar-refractivity contribution >= 4 is 23.0 Å². The zero-order valence-corrected chi connectivity index (χ0v) is 14.0. The Hall–Kier alpha value is -2.47. The molecule has 0 aliphatic carbocycles. The summed E-state index contributed by atoms with van der Waals surface area (Å²) < 4.78 is 16.2. The summed E-state index contributed by atoms with van der Waals surface area (Å²) in [7, 11) is 3.24. The SMILES string of the molecule is COc1ccccc1NC(=S)NCCOc1ccccc1OC. The van der Waals surface area contributed by atoms with Crippen LogP contribution in [-0.4, -0.2) is 32.5 Å². The standard InChI is InChI=1S/C17H20N2O3S/c1-20-14-8-4-3-7-13(14)19-17(23)18-11-12-22-16-10-6-5-9-15(16)21-2/h3-10H,11-12H2,1-2H3,(H2,18,19,23). The zero-order chi connectivity index (χ0) is 16.5. The van der Waals surface area contributed by atoms with Crippen molar-refractivity contribution in [3.05, 3.63) is 48.5 Å². The lowest BCUT2D eigenvalue weighted by atomic mass is 10.3. The fourth-order valence-electron chi connectivity index (χ4n) is 1.98. The average Bonchev–Trinajstić information content (AvgIpc) is 2.59. The van der Waals surface area contributed by atoms with E-state index in [4.69, 9.17) is 26.4 Å². The largest absolute Gasteiger partial charge is 0.495 e. The van der Waals surface area contributed by atoms with Gasteiger partial charge in [0.05, 0.1) is 26.5 Å². The molecule has 23 heavy (non-hydrogen) atoms. The van der Waals surface area contributed by atoms with Crippen molar-refractivity contribution in [3.63, 3.8) is 0 Å². The molecular weight excluding hydrogens is 312 g/mol. The second kappa shape index (κ2) is 8.85. The van der Waals surface area contributed by atoms with E-state index in [1.165, 1.54) is 0 Å². The monoisotopic (exact) mass is 332 g/mol. The smallest absolute Gasteiger partial charge is 0.170 e. The lowest BCUT2D eigenvalue weighted by Crippen LogP contribution is -2.32. The Morgan fingerprint density at radius 1 is 0.913 bits per heavy atom. The van der Waals surface area contributed by atoms with Gasteiger partial charge in [0.1, 0.15) is 12.4 Å². The number of nitrogens with one attached hydrogen (secondary N) is 2. The Morgan fingerprint density at radius 3 is 2.22 bits per heavy atom. The number of methoxy groups -OCH3 is 2. The molecule has 0 spiro atoms. The molecule has 0 bridgehead atoms. The van der Waals surface area contributed by atoms with Crippen molar-refractivity contribution in [2.45, 2.75) is 0 Å². The van der Waals surface area contributed by atoms with Crippen molar-refractivity contribution in [3.8, 4) is 17.2 Å². The highest BCUT2D eigenvalue weighted by Gasteiger charge is 2.04. The molecule has 0 fully saturated rings. The second-order valence-electron chi connectivity index (χ2n) is 4.58. The number of rotatable bonds is 7. The topological polar surface area (TPSA) is 51.8 Å². The Kier molecular flexibility index (Phi) is 6.50. The zero-order valence-electron chi connectivity index (χ0n) is 13.2. The van der Waals surface area contributed by atoms with Crippen molar-refractivity contribution in [1.29, 1.82) is 0 Å². The van der Waals surface area contributed by atoms with Crippen LogP contribution >= 0.6 is 12.2 Å². The van der Waals surface area contributed by atoms with Gasteiger partial charge in [-0.2, -0.15) is 0 Å². The average molecular weight is 332 g/mol. The fraction of sp³-hybridized carbons (Fsp3) is 0.235. The normalized spacial score (nSPS) is 9.83. The van der Waals surface area contributed by atoms with E-state index in [0.717, 1.165) is 11.4 Å². The number of hydrogen-bond acceptors (Lipinski definition) is 4. The van der Waals surface area contributed by atoms with Gasteiger partial charge in [-0.3, -0.25) is 0 Å². The Balaban J connectivity index is 1.77. The van der Waals surface area contributed by atoms with Crippen LogP contribution in [-0.2, 0) is 0 Å². The summed E-state index contributed by atoms with van der Waals surface area (Å²) in [5.41, 5.74) is 0.818. The molecule has 0 atom stereocenters. The van der Waals surface area contributed by atoms with Gasteiger partial charge in [0.2, 0.25) is 0 Å². The molecule has 0 amide bonds. The van der Waals surface area contributed by atoms with Crippen LogP contribution < -0.4 is 24.8 Å². The molecule has 0 radical (unpaired) electrons. The summed E-state index contributed by atoms with van der Waals surface area (Å²) in [6.45, 7) is 1.03. The summed E-state index contributed by atoms with van der Waals surface area (Å²) in [5, 5.41) is 6.70. The van der Waals surface area contributed by atoms with Gasteiger partial charge >= 0.3 is 0 Å². The third-order valence-electron chi connectivity index (χ3n) is 3.07. The highest BCUT2D eigenvalue weighted by Crippen LogP contribution is 2.25. The van der Waals surface area contributed by atoms with Gasteiger partial charge < -0.3 is 24.8 Å². The van der Waals surface area contributed by atoms with Crippen molar-refractivity contribution in [2.24, 2.45) is 0 Å². The molecule has 0 aliphatic heterocycles. The minimum absolute atomic E-state index is 0.466. The predicted octanol–water partition coefficient (Wildman–Crippen LogP) is 3.07. The molecule has 0 saturated heterocycles. The highest BCUT2D eigenvalue weighted by molar-refractivity contribution is 7.80. The second-order valence-corrected chi connectivity index (χ2v) is 4.99. The summed E-state index contributed by atoms with van der Waals surface area (Å²) in [4.78, 5) is 0. The van der Waals surface area contributed by atoms with Crippen LogP contribution in [0.2, 0.25) is 0 Å². The predicted molar refractivity (Wildman–Crippen MR) is 95.7 cm³/mol. The van der Waals surface area contributed by atoms with Crippen LogP contribution in [0.15, 0.2) is 48.5 Å². The van der Waals surface area contributed by atoms with Gasteiger partial charge in [0.15, 0.2) is 16.6 Å². The molecule has 2 N–H and O–H groups in total. The third kappa shape index (κ3) is 5.03. The van der Waals surface area contributed by atoms with E-state index in [2.05, 4.69) is 10.6 Å². The number of thiocarbonyl (C=S) groups is 1. The molecule has 6 heteroatoms. The highest BCUT2D eigenvalue weighted by atomic mass is 32.1. The van der Waals surface area contributed by atoms with E-state index in [0.29, 0.717) is 29.8 Å². The Bertz CT molecular complexity index is 649. The number of ether oxygens (including phenoxy) is 3. The minimum Gasteiger partial charge on any atom is -0.495 e. The minimum atomic E-state index is 0.466. The first-order chi connectivity index (χ1) is 11.2. The Morgan fingerprint density at radius 2 is 1.52 bits per heavy atom. The maximum absolute atomic E-state index is 5.67. The van der Waals surface area contributed by atoms with E-state index < -0.39 is 0 Å². The van der Waals surface area contributed by atoms with Crippen LogP contribution in [0.25, 0.3) is 0 Å².